The molecule has 0 atom stereocenters. The fourth-order valence-electron chi connectivity index (χ4n) is 1.53. The summed E-state index contributed by atoms with van der Waals surface area (Å²) in [7, 11) is 1.45. The monoisotopic (exact) mass is 283 g/mol. The van der Waals surface area contributed by atoms with Crippen molar-refractivity contribution in [3.8, 4) is 0 Å². The highest BCUT2D eigenvalue weighted by atomic mass is 19.1. The molecule has 0 aliphatic rings. The van der Waals surface area contributed by atoms with E-state index in [1.165, 1.54) is 14.0 Å². The summed E-state index contributed by atoms with van der Waals surface area (Å²) in [5.41, 5.74) is -0.760. The molecule has 0 spiro atoms. The van der Waals surface area contributed by atoms with Crippen LogP contribution in [0.1, 0.15) is 22.3 Å². The van der Waals surface area contributed by atoms with E-state index in [0.717, 1.165) is 12.1 Å². The molecule has 0 radical (unpaired) electrons. The van der Waals surface area contributed by atoms with Gasteiger partial charge in [0.15, 0.2) is 0 Å². The highest BCUT2D eigenvalue weighted by Crippen LogP contribution is 2.20. The lowest BCUT2D eigenvalue weighted by atomic mass is 10.1. The second-order valence-corrected chi connectivity index (χ2v) is 4.06. The van der Waals surface area contributed by atoms with Gasteiger partial charge >= 0.3 is 0 Å². The Morgan fingerprint density at radius 2 is 2.05 bits per heavy atom. The fraction of sp³-hybridized carbons (Fsp3) is 0.333. The van der Waals surface area contributed by atoms with Gasteiger partial charge in [0, 0.05) is 32.1 Å². The Morgan fingerprint density at radius 3 is 2.60 bits per heavy atom. The van der Waals surface area contributed by atoms with Gasteiger partial charge in [0.25, 0.3) is 11.6 Å². The third-order valence-electron chi connectivity index (χ3n) is 2.61. The zero-order valence-electron chi connectivity index (χ0n) is 11.0. The van der Waals surface area contributed by atoms with Crippen LogP contribution < -0.4 is 10.6 Å². The molecule has 2 amide bonds. The summed E-state index contributed by atoms with van der Waals surface area (Å²) in [6.07, 6.45) is 0.0395. The highest BCUT2D eigenvalue weighted by Gasteiger charge is 2.19. The smallest absolute Gasteiger partial charge is 0.270 e. The molecule has 0 fully saturated rings. The highest BCUT2D eigenvalue weighted by molar-refractivity contribution is 5.95. The molecule has 20 heavy (non-hydrogen) atoms. The summed E-state index contributed by atoms with van der Waals surface area (Å²) in [6, 6.07) is 1.92. The van der Waals surface area contributed by atoms with Crippen LogP contribution in [0.25, 0.3) is 0 Å². The first-order valence-electron chi connectivity index (χ1n) is 5.80. The molecule has 7 nitrogen and oxygen atoms in total. The van der Waals surface area contributed by atoms with Gasteiger partial charge in [0.05, 0.1) is 10.5 Å². The van der Waals surface area contributed by atoms with E-state index in [4.69, 9.17) is 0 Å². The molecule has 1 rings (SSSR count). The largest absolute Gasteiger partial charge is 0.359 e. The number of hydrogen-bond acceptors (Lipinski definition) is 4. The van der Waals surface area contributed by atoms with Crippen molar-refractivity contribution in [3.05, 3.63) is 39.2 Å². The molecule has 0 aliphatic heterocycles. The first-order valence-corrected chi connectivity index (χ1v) is 5.80. The first kappa shape index (κ1) is 15.5. The Kier molecular flexibility index (Phi) is 5.13. The molecule has 108 valence electrons. The van der Waals surface area contributed by atoms with E-state index in [9.17, 15) is 24.1 Å². The van der Waals surface area contributed by atoms with Crippen LogP contribution >= 0.6 is 0 Å². The second kappa shape index (κ2) is 6.60. The quantitative estimate of drug-likeness (QED) is 0.619. The van der Waals surface area contributed by atoms with E-state index in [1.807, 2.05) is 0 Å². The van der Waals surface area contributed by atoms with Crippen molar-refractivity contribution in [1.82, 2.24) is 10.6 Å². The molecule has 0 saturated carbocycles. The van der Waals surface area contributed by atoms with Crippen LogP contribution in [0.2, 0.25) is 0 Å². The molecule has 1 aromatic carbocycles. The maximum absolute atomic E-state index is 13.8. The predicted octanol–water partition coefficient (Wildman–Crippen LogP) is 0.908. The number of rotatable bonds is 5. The van der Waals surface area contributed by atoms with Crippen LogP contribution in [0.4, 0.5) is 10.1 Å². The van der Waals surface area contributed by atoms with Gasteiger partial charge in [-0.1, -0.05) is 0 Å². The van der Waals surface area contributed by atoms with E-state index in [2.05, 4.69) is 10.6 Å². The van der Waals surface area contributed by atoms with E-state index >= 15 is 0 Å². The van der Waals surface area contributed by atoms with Gasteiger partial charge in [-0.15, -0.1) is 0 Å². The SMILES string of the molecule is CNC(=O)CCNC(=O)c1cc([N+](=O)[O-])cc(C)c1F. The van der Waals surface area contributed by atoms with Crippen molar-refractivity contribution < 1.29 is 18.9 Å². The van der Waals surface area contributed by atoms with Gasteiger partial charge in [-0.25, -0.2) is 4.39 Å². The Morgan fingerprint density at radius 1 is 1.40 bits per heavy atom. The van der Waals surface area contributed by atoms with Crippen LogP contribution in [0, 0.1) is 22.9 Å². The van der Waals surface area contributed by atoms with Gasteiger partial charge in [0.2, 0.25) is 5.91 Å². The molecule has 0 saturated heterocycles. The molecule has 2 N–H and O–H groups in total. The minimum absolute atomic E-state index is 0.00986. The Labute approximate surface area is 114 Å². The topological polar surface area (TPSA) is 101 Å². The number of nitrogens with zero attached hydrogens (tertiary/aromatic N) is 1. The molecule has 0 aromatic heterocycles. The summed E-state index contributed by atoms with van der Waals surface area (Å²) in [6.45, 7) is 1.35. The first-order chi connectivity index (χ1) is 9.36. The lowest BCUT2D eigenvalue weighted by Crippen LogP contribution is -2.29. The summed E-state index contributed by atoms with van der Waals surface area (Å²) < 4.78 is 13.8. The van der Waals surface area contributed by atoms with Crippen molar-refractivity contribution in [2.24, 2.45) is 0 Å². The number of nitro groups is 1. The van der Waals surface area contributed by atoms with Crippen molar-refractivity contribution in [2.75, 3.05) is 13.6 Å². The molecular formula is C12H14FN3O4. The summed E-state index contributed by atoms with van der Waals surface area (Å²) >= 11 is 0. The molecule has 0 aliphatic carbocycles. The number of carbonyl (C=O) groups is 2. The van der Waals surface area contributed by atoms with Gasteiger partial charge in [-0.05, 0) is 12.5 Å². The second-order valence-electron chi connectivity index (χ2n) is 4.06. The number of halogens is 1. The zero-order chi connectivity index (χ0) is 15.3. The Hall–Kier alpha value is -2.51. The van der Waals surface area contributed by atoms with E-state index in [0.29, 0.717) is 0 Å². The average Bonchev–Trinajstić information content (AvgIpc) is 2.40. The minimum atomic E-state index is -0.812. The number of benzene rings is 1. The Balaban J connectivity index is 2.87. The van der Waals surface area contributed by atoms with Crippen molar-refractivity contribution in [3.63, 3.8) is 0 Å². The molecule has 0 bridgehead atoms. The van der Waals surface area contributed by atoms with Gasteiger partial charge in [0.1, 0.15) is 5.82 Å². The van der Waals surface area contributed by atoms with Gasteiger partial charge < -0.3 is 10.6 Å². The fourth-order valence-corrected chi connectivity index (χ4v) is 1.53. The standard InChI is InChI=1S/C12H14FN3O4/c1-7-5-8(16(19)20)6-9(11(7)13)12(18)15-4-3-10(17)14-2/h5-6H,3-4H2,1-2H3,(H,14,17)(H,15,18). The maximum atomic E-state index is 13.8. The van der Waals surface area contributed by atoms with Gasteiger partial charge in [-0.3, -0.25) is 19.7 Å². The van der Waals surface area contributed by atoms with E-state index in [1.54, 1.807) is 0 Å². The number of nitrogens with one attached hydrogen (secondary N) is 2. The number of non-ortho nitro benzene ring substituents is 1. The van der Waals surface area contributed by atoms with Gasteiger partial charge in [-0.2, -0.15) is 0 Å². The zero-order valence-corrected chi connectivity index (χ0v) is 11.0. The van der Waals surface area contributed by atoms with Crippen LogP contribution in [0.5, 0.6) is 0 Å². The van der Waals surface area contributed by atoms with Crippen LogP contribution in [-0.4, -0.2) is 30.3 Å². The number of aryl methyl sites for hydroxylation is 1. The lowest BCUT2D eigenvalue weighted by Gasteiger charge is -2.07. The normalized spacial score (nSPS) is 9.95. The van der Waals surface area contributed by atoms with Crippen molar-refractivity contribution in [2.45, 2.75) is 13.3 Å². The summed E-state index contributed by atoms with van der Waals surface area (Å²) in [4.78, 5) is 32.7. The minimum Gasteiger partial charge on any atom is -0.359 e. The molecule has 1 aromatic rings. The lowest BCUT2D eigenvalue weighted by molar-refractivity contribution is -0.385. The number of amides is 2. The third kappa shape index (κ3) is 3.74. The number of carbonyl (C=O) groups excluding carboxylic acids is 2. The molecule has 8 heteroatoms. The molecule has 0 heterocycles. The maximum Gasteiger partial charge on any atom is 0.270 e. The van der Waals surface area contributed by atoms with Crippen molar-refractivity contribution in [1.29, 1.82) is 0 Å². The molecular weight excluding hydrogens is 269 g/mol. The molecule has 0 unspecified atom stereocenters. The summed E-state index contributed by atoms with van der Waals surface area (Å²) in [5, 5.41) is 15.4. The van der Waals surface area contributed by atoms with Crippen LogP contribution in [0.3, 0.4) is 0 Å². The van der Waals surface area contributed by atoms with Crippen molar-refractivity contribution >= 4 is 17.5 Å². The number of nitro benzene ring substituents is 1. The summed E-state index contributed by atoms with van der Waals surface area (Å²) in [5.74, 6) is -1.88. The van der Waals surface area contributed by atoms with Crippen LogP contribution in [-0.2, 0) is 4.79 Å². The number of hydrogen-bond donors (Lipinski definition) is 2. The Bertz CT molecular complexity index is 560. The van der Waals surface area contributed by atoms with E-state index < -0.39 is 22.2 Å². The van der Waals surface area contributed by atoms with Crippen LogP contribution in [0.15, 0.2) is 12.1 Å². The average molecular weight is 283 g/mol. The van der Waals surface area contributed by atoms with E-state index in [-0.39, 0.29) is 30.1 Å². The third-order valence-corrected chi connectivity index (χ3v) is 2.61. The predicted molar refractivity (Wildman–Crippen MR) is 68.8 cm³/mol.